The number of alkyl carbamates (subject to hydrolysis) is 1. The van der Waals surface area contributed by atoms with Crippen LogP contribution in [-0.2, 0) is 4.74 Å². The minimum absolute atomic E-state index is 0.243. The van der Waals surface area contributed by atoms with Crippen LogP contribution in [0, 0.1) is 0 Å². The smallest absolute Gasteiger partial charge is 0.407 e. The molecule has 0 aliphatic heterocycles. The molecule has 1 N–H and O–H groups in total. The van der Waals surface area contributed by atoms with Gasteiger partial charge in [0.15, 0.2) is 0 Å². The van der Waals surface area contributed by atoms with Gasteiger partial charge in [-0.1, -0.05) is 41.7 Å². The molecule has 6 heteroatoms. The van der Waals surface area contributed by atoms with Crippen LogP contribution in [0.3, 0.4) is 0 Å². The molecule has 0 spiro atoms. The zero-order valence-electron chi connectivity index (χ0n) is 6.57. The Morgan fingerprint density at radius 1 is 1.50 bits per heavy atom. The lowest BCUT2D eigenvalue weighted by atomic mass is 10.5. The summed E-state index contributed by atoms with van der Waals surface area (Å²) < 4.78 is 3.02. The molecule has 0 saturated heterocycles. The average molecular weight is 235 g/mol. The van der Waals surface area contributed by atoms with Crippen molar-refractivity contribution in [2.75, 3.05) is 13.2 Å². The van der Waals surface area contributed by atoms with E-state index in [0.29, 0.717) is 6.54 Å². The van der Waals surface area contributed by atoms with Crippen molar-refractivity contribution in [1.29, 1.82) is 0 Å². The van der Waals surface area contributed by atoms with Gasteiger partial charge in [-0.15, -0.1) is 0 Å². The summed E-state index contributed by atoms with van der Waals surface area (Å²) >= 11 is 16.0. The van der Waals surface area contributed by atoms with Gasteiger partial charge in [0, 0.05) is 6.54 Å². The molecular formula is C6H10Cl3NO2. The molecule has 0 aromatic rings. The molecule has 0 radical (unpaired) electrons. The fourth-order valence-electron chi connectivity index (χ4n) is 0.425. The molecule has 1 amide bonds. The number of hydrogen-bond donors (Lipinski definition) is 1. The van der Waals surface area contributed by atoms with Crippen molar-refractivity contribution in [2.45, 2.75) is 17.1 Å². The molecule has 72 valence electrons. The Balaban J connectivity index is 3.44. The van der Waals surface area contributed by atoms with Gasteiger partial charge in [0.05, 0.1) is 0 Å². The zero-order valence-corrected chi connectivity index (χ0v) is 8.84. The molecule has 0 bridgehead atoms. The third-order valence-corrected chi connectivity index (χ3v) is 1.21. The number of rotatable bonds is 3. The number of hydrogen-bond acceptors (Lipinski definition) is 2. The molecule has 0 aromatic carbocycles. The largest absolute Gasteiger partial charge is 0.445 e. The van der Waals surface area contributed by atoms with Crippen molar-refractivity contribution in [3.05, 3.63) is 0 Å². The second-order valence-corrected chi connectivity index (χ2v) is 4.63. The molecule has 0 atom stereocenters. The number of carbonyl (C=O) groups excluding carboxylic acids is 1. The summed E-state index contributed by atoms with van der Waals surface area (Å²) in [7, 11) is 0. The lowest BCUT2D eigenvalue weighted by molar-refractivity contribution is 0.148. The summed E-state index contributed by atoms with van der Waals surface area (Å²) in [5.41, 5.74) is 0. The van der Waals surface area contributed by atoms with Gasteiger partial charge in [-0.3, -0.25) is 0 Å². The quantitative estimate of drug-likeness (QED) is 0.762. The van der Waals surface area contributed by atoms with Crippen LogP contribution in [0.5, 0.6) is 0 Å². The maximum absolute atomic E-state index is 10.7. The maximum atomic E-state index is 10.7. The van der Waals surface area contributed by atoms with Crippen molar-refractivity contribution >= 4 is 40.9 Å². The second-order valence-electron chi connectivity index (χ2n) is 2.12. The van der Waals surface area contributed by atoms with E-state index in [1.807, 2.05) is 6.92 Å². The van der Waals surface area contributed by atoms with Crippen LogP contribution >= 0.6 is 34.8 Å². The highest BCUT2D eigenvalue weighted by Crippen LogP contribution is 2.25. The van der Waals surface area contributed by atoms with E-state index in [1.165, 1.54) is 0 Å². The normalized spacial score (nSPS) is 11.0. The van der Waals surface area contributed by atoms with E-state index in [-0.39, 0.29) is 6.61 Å². The summed E-state index contributed by atoms with van der Waals surface area (Å²) in [5.74, 6) is 0. The average Bonchev–Trinajstić information content (AvgIpc) is 1.95. The van der Waals surface area contributed by atoms with Gasteiger partial charge < -0.3 is 10.1 Å². The number of ether oxygens (including phenoxy) is 1. The van der Waals surface area contributed by atoms with Gasteiger partial charge >= 0.3 is 6.09 Å². The molecule has 0 heterocycles. The van der Waals surface area contributed by atoms with Crippen LogP contribution in [0.2, 0.25) is 0 Å². The summed E-state index contributed by atoms with van der Waals surface area (Å²) in [6.07, 6.45) is 0.270. The Morgan fingerprint density at radius 2 is 2.08 bits per heavy atom. The summed E-state index contributed by atoms with van der Waals surface area (Å²) in [6, 6.07) is 0. The Kier molecular flexibility index (Phi) is 5.80. The van der Waals surface area contributed by atoms with Crippen molar-refractivity contribution in [1.82, 2.24) is 5.32 Å². The van der Waals surface area contributed by atoms with Crippen molar-refractivity contribution in [3.8, 4) is 0 Å². The molecule has 0 unspecified atom stereocenters. The van der Waals surface area contributed by atoms with E-state index in [0.717, 1.165) is 6.42 Å². The van der Waals surface area contributed by atoms with Crippen LogP contribution in [0.15, 0.2) is 0 Å². The molecule has 0 saturated carbocycles. The highest BCUT2D eigenvalue weighted by Gasteiger charge is 2.21. The predicted molar refractivity (Wildman–Crippen MR) is 49.9 cm³/mol. The number of halogens is 3. The minimum Gasteiger partial charge on any atom is -0.445 e. The third-order valence-electron chi connectivity index (χ3n) is 0.886. The van der Waals surface area contributed by atoms with E-state index in [1.54, 1.807) is 0 Å². The molecule has 0 fully saturated rings. The highest BCUT2D eigenvalue weighted by molar-refractivity contribution is 6.67. The fraction of sp³-hybridized carbons (Fsp3) is 0.833. The summed E-state index contributed by atoms with van der Waals surface area (Å²) in [4.78, 5) is 10.7. The van der Waals surface area contributed by atoms with E-state index in [4.69, 9.17) is 34.8 Å². The van der Waals surface area contributed by atoms with Crippen molar-refractivity contribution < 1.29 is 9.53 Å². The van der Waals surface area contributed by atoms with Crippen LogP contribution in [0.1, 0.15) is 13.3 Å². The second kappa shape index (κ2) is 5.73. The Bertz CT molecular complexity index is 146. The maximum Gasteiger partial charge on any atom is 0.407 e. The molecule has 0 rings (SSSR count). The highest BCUT2D eigenvalue weighted by atomic mass is 35.6. The first-order chi connectivity index (χ1) is 5.45. The molecule has 12 heavy (non-hydrogen) atoms. The zero-order chi connectivity index (χ0) is 9.61. The van der Waals surface area contributed by atoms with Gasteiger partial charge in [-0.25, -0.2) is 4.79 Å². The van der Waals surface area contributed by atoms with Crippen molar-refractivity contribution in [3.63, 3.8) is 0 Å². The monoisotopic (exact) mass is 233 g/mol. The fourth-order valence-corrected chi connectivity index (χ4v) is 0.589. The SMILES string of the molecule is CCCNC(=O)OCC(Cl)(Cl)Cl. The van der Waals surface area contributed by atoms with Gasteiger partial charge in [-0.05, 0) is 6.42 Å². The Hall–Kier alpha value is 0.140. The van der Waals surface area contributed by atoms with Crippen LogP contribution < -0.4 is 5.32 Å². The van der Waals surface area contributed by atoms with E-state index in [9.17, 15) is 4.79 Å². The van der Waals surface area contributed by atoms with E-state index in [2.05, 4.69) is 10.1 Å². The van der Waals surface area contributed by atoms with Crippen LogP contribution in [0.25, 0.3) is 0 Å². The number of amides is 1. The molecule has 3 nitrogen and oxygen atoms in total. The van der Waals surface area contributed by atoms with E-state index >= 15 is 0 Å². The third kappa shape index (κ3) is 8.24. The van der Waals surface area contributed by atoms with Crippen molar-refractivity contribution in [2.24, 2.45) is 0 Å². The van der Waals surface area contributed by atoms with E-state index < -0.39 is 9.89 Å². The number of alkyl halides is 3. The first-order valence-electron chi connectivity index (χ1n) is 3.43. The Morgan fingerprint density at radius 3 is 2.50 bits per heavy atom. The first kappa shape index (κ1) is 12.1. The lowest BCUT2D eigenvalue weighted by Crippen LogP contribution is -2.28. The number of carbonyl (C=O) groups is 1. The molecule has 0 aromatic heterocycles. The predicted octanol–water partition coefficient (Wildman–Crippen LogP) is 2.49. The topological polar surface area (TPSA) is 38.3 Å². The summed E-state index contributed by atoms with van der Waals surface area (Å²) in [6.45, 7) is 2.24. The van der Waals surface area contributed by atoms with Gasteiger partial charge in [-0.2, -0.15) is 0 Å². The standard InChI is InChI=1S/C6H10Cl3NO2/c1-2-3-10-5(11)12-4-6(7,8)9/h2-4H2,1H3,(H,10,11). The first-order valence-corrected chi connectivity index (χ1v) is 4.56. The lowest BCUT2D eigenvalue weighted by Gasteiger charge is -2.11. The molecular weight excluding hydrogens is 224 g/mol. The molecule has 0 aliphatic rings. The summed E-state index contributed by atoms with van der Waals surface area (Å²) in [5, 5.41) is 2.47. The number of nitrogens with one attached hydrogen (secondary N) is 1. The molecule has 0 aliphatic carbocycles. The minimum atomic E-state index is -1.54. The van der Waals surface area contributed by atoms with Crippen LogP contribution in [-0.4, -0.2) is 23.0 Å². The van der Waals surface area contributed by atoms with Gasteiger partial charge in [0.1, 0.15) is 6.61 Å². The Labute approximate surface area is 86.3 Å². The van der Waals surface area contributed by atoms with Gasteiger partial charge in [0.2, 0.25) is 3.79 Å². The van der Waals surface area contributed by atoms with Gasteiger partial charge in [0.25, 0.3) is 0 Å². The van der Waals surface area contributed by atoms with Crippen LogP contribution in [0.4, 0.5) is 4.79 Å².